The first-order valence-electron chi connectivity index (χ1n) is 5.08. The molecule has 0 aromatic carbocycles. The topological polar surface area (TPSA) is 75.3 Å². The number of nitrogens with one attached hydrogen (secondary N) is 2. The van der Waals surface area contributed by atoms with Gasteiger partial charge >= 0.3 is 0 Å². The number of thioether (sulfide) groups is 1. The van der Waals surface area contributed by atoms with Crippen molar-refractivity contribution in [3.05, 3.63) is 0 Å². The molecule has 2 N–H and O–H groups in total. The minimum absolute atomic E-state index is 0.0496. The van der Waals surface area contributed by atoms with Gasteiger partial charge in [-0.05, 0) is 13.2 Å². The van der Waals surface area contributed by atoms with Crippen LogP contribution < -0.4 is 10.6 Å². The lowest BCUT2D eigenvalue weighted by atomic mass is 10.3. The third-order valence-electron chi connectivity index (χ3n) is 1.75. The second kappa shape index (κ2) is 9.21. The largest absolute Gasteiger partial charge is 0.356 e. The van der Waals surface area contributed by atoms with E-state index in [4.69, 9.17) is 0 Å². The quantitative estimate of drug-likeness (QED) is 0.630. The highest BCUT2D eigenvalue weighted by Gasteiger charge is 2.03. The van der Waals surface area contributed by atoms with Gasteiger partial charge in [0.2, 0.25) is 11.8 Å². The molecule has 2 amide bonds. The number of carbonyl (C=O) groups excluding carboxylic acids is 3. The van der Waals surface area contributed by atoms with Crippen molar-refractivity contribution in [3.8, 4) is 0 Å². The summed E-state index contributed by atoms with van der Waals surface area (Å²) >= 11 is 1.44. The highest BCUT2D eigenvalue weighted by molar-refractivity contribution is 7.99. The van der Waals surface area contributed by atoms with E-state index in [1.165, 1.54) is 18.7 Å². The minimum Gasteiger partial charge on any atom is -0.356 e. The van der Waals surface area contributed by atoms with Crippen LogP contribution in [0.1, 0.15) is 19.8 Å². The summed E-state index contributed by atoms with van der Waals surface area (Å²) in [5.41, 5.74) is 0. The number of hydrogen-bond acceptors (Lipinski definition) is 4. The predicted octanol–water partition coefficient (Wildman–Crippen LogP) is -0.0490. The normalized spacial score (nSPS) is 9.62. The third-order valence-corrected chi connectivity index (χ3v) is 2.30. The zero-order valence-corrected chi connectivity index (χ0v) is 10.5. The third kappa shape index (κ3) is 9.51. The van der Waals surface area contributed by atoms with Gasteiger partial charge in [0.1, 0.15) is 5.78 Å². The molecule has 0 aromatic heterocycles. The molecule has 0 aliphatic carbocycles. The second-order valence-corrected chi connectivity index (χ2v) is 4.20. The number of carbonyl (C=O) groups is 3. The van der Waals surface area contributed by atoms with Gasteiger partial charge < -0.3 is 10.6 Å². The number of hydrogen-bond donors (Lipinski definition) is 2. The molecule has 92 valence electrons. The fourth-order valence-corrected chi connectivity index (χ4v) is 1.33. The summed E-state index contributed by atoms with van der Waals surface area (Å²) in [6.45, 7) is 2.19. The Bertz CT molecular complexity index is 256. The SMILES string of the molecule is CSCC(=O)NCCC(=O)NCCC(C)=O. The molecule has 0 radical (unpaired) electrons. The van der Waals surface area contributed by atoms with Gasteiger partial charge in [-0.25, -0.2) is 0 Å². The molecular formula is C10H18N2O3S. The summed E-state index contributed by atoms with van der Waals surface area (Å²) in [5, 5.41) is 5.23. The van der Waals surface area contributed by atoms with Crippen molar-refractivity contribution in [3.63, 3.8) is 0 Å². The van der Waals surface area contributed by atoms with Gasteiger partial charge in [0.25, 0.3) is 0 Å². The monoisotopic (exact) mass is 246 g/mol. The van der Waals surface area contributed by atoms with Crippen LogP contribution in [0.5, 0.6) is 0 Å². The van der Waals surface area contributed by atoms with Gasteiger partial charge in [-0.1, -0.05) is 0 Å². The molecule has 0 aliphatic heterocycles. The highest BCUT2D eigenvalue weighted by atomic mass is 32.2. The molecule has 6 heteroatoms. The molecule has 0 heterocycles. The van der Waals surface area contributed by atoms with Crippen molar-refractivity contribution in [1.82, 2.24) is 10.6 Å². The van der Waals surface area contributed by atoms with Gasteiger partial charge in [-0.2, -0.15) is 11.8 Å². The van der Waals surface area contributed by atoms with Crippen molar-refractivity contribution in [2.45, 2.75) is 19.8 Å². The van der Waals surface area contributed by atoms with E-state index in [1.54, 1.807) is 0 Å². The Kier molecular flexibility index (Phi) is 8.61. The van der Waals surface area contributed by atoms with Crippen LogP contribution in [0.15, 0.2) is 0 Å². The molecule has 0 spiro atoms. The molecule has 0 saturated carbocycles. The zero-order chi connectivity index (χ0) is 12.4. The summed E-state index contributed by atoms with van der Waals surface area (Å²) in [4.78, 5) is 32.8. The van der Waals surface area contributed by atoms with E-state index < -0.39 is 0 Å². The lowest BCUT2D eigenvalue weighted by molar-refractivity contribution is -0.121. The Hall–Kier alpha value is -1.04. The maximum atomic E-state index is 11.2. The van der Waals surface area contributed by atoms with E-state index in [0.717, 1.165) is 0 Å². The summed E-state index contributed by atoms with van der Waals surface area (Å²) in [6.07, 6.45) is 2.44. The van der Waals surface area contributed by atoms with Crippen LogP contribution in [0.4, 0.5) is 0 Å². The molecule has 16 heavy (non-hydrogen) atoms. The Morgan fingerprint density at radius 2 is 1.56 bits per heavy atom. The molecule has 0 aliphatic rings. The van der Waals surface area contributed by atoms with Crippen molar-refractivity contribution >= 4 is 29.4 Å². The highest BCUT2D eigenvalue weighted by Crippen LogP contribution is 1.89. The number of ketones is 1. The Balaban J connectivity index is 3.43. The van der Waals surface area contributed by atoms with Crippen molar-refractivity contribution < 1.29 is 14.4 Å². The average molecular weight is 246 g/mol. The summed E-state index contributed by atoms with van der Waals surface area (Å²) < 4.78 is 0. The number of Topliss-reactive ketones (excluding diaryl/α,β-unsaturated/α-hetero) is 1. The smallest absolute Gasteiger partial charge is 0.229 e. The average Bonchev–Trinajstić information content (AvgIpc) is 2.17. The van der Waals surface area contributed by atoms with E-state index in [2.05, 4.69) is 10.6 Å². The van der Waals surface area contributed by atoms with Gasteiger partial charge in [0, 0.05) is 25.9 Å². The van der Waals surface area contributed by atoms with Crippen LogP contribution in [0, 0.1) is 0 Å². The lowest BCUT2D eigenvalue weighted by Crippen LogP contribution is -2.32. The zero-order valence-electron chi connectivity index (χ0n) is 9.67. The Labute approximate surface area is 99.7 Å². The van der Waals surface area contributed by atoms with Crippen molar-refractivity contribution in [2.75, 3.05) is 25.1 Å². The van der Waals surface area contributed by atoms with E-state index in [9.17, 15) is 14.4 Å². The van der Waals surface area contributed by atoms with Crippen LogP contribution in [-0.4, -0.2) is 42.7 Å². The van der Waals surface area contributed by atoms with Crippen LogP contribution in [0.2, 0.25) is 0 Å². The summed E-state index contributed by atoms with van der Waals surface area (Å²) in [5.74, 6) is 0.245. The lowest BCUT2D eigenvalue weighted by Gasteiger charge is -2.05. The maximum absolute atomic E-state index is 11.2. The van der Waals surface area contributed by atoms with Crippen LogP contribution in [-0.2, 0) is 14.4 Å². The molecule has 0 fully saturated rings. The van der Waals surface area contributed by atoms with Gasteiger partial charge in [0.05, 0.1) is 5.75 Å². The fraction of sp³-hybridized carbons (Fsp3) is 0.700. The molecule has 0 unspecified atom stereocenters. The number of rotatable bonds is 8. The van der Waals surface area contributed by atoms with Crippen molar-refractivity contribution in [1.29, 1.82) is 0 Å². The first kappa shape index (κ1) is 15.0. The first-order chi connectivity index (χ1) is 7.56. The minimum atomic E-state index is -0.147. The van der Waals surface area contributed by atoms with Crippen LogP contribution in [0.25, 0.3) is 0 Å². The van der Waals surface area contributed by atoms with Crippen molar-refractivity contribution in [2.24, 2.45) is 0 Å². The maximum Gasteiger partial charge on any atom is 0.229 e. The number of amides is 2. The predicted molar refractivity (Wildman–Crippen MR) is 64.3 cm³/mol. The summed E-state index contributed by atoms with van der Waals surface area (Å²) in [7, 11) is 0. The van der Waals surface area contributed by atoms with Crippen LogP contribution in [0.3, 0.4) is 0 Å². The van der Waals surface area contributed by atoms with Gasteiger partial charge in [-0.3, -0.25) is 14.4 Å². The van der Waals surface area contributed by atoms with Gasteiger partial charge in [-0.15, -0.1) is 0 Å². The van der Waals surface area contributed by atoms with E-state index in [-0.39, 0.29) is 24.0 Å². The molecule has 0 bridgehead atoms. The molecule has 0 saturated heterocycles. The second-order valence-electron chi connectivity index (χ2n) is 3.33. The Morgan fingerprint density at radius 1 is 1.00 bits per heavy atom. The molecule has 0 aromatic rings. The standard InChI is InChI=1S/C10H18N2O3S/c1-8(13)3-5-11-9(14)4-6-12-10(15)7-16-2/h3-7H2,1-2H3,(H,11,14)(H,12,15). The van der Waals surface area contributed by atoms with E-state index in [1.807, 2.05) is 6.26 Å². The van der Waals surface area contributed by atoms with Gasteiger partial charge in [0.15, 0.2) is 0 Å². The molecule has 0 atom stereocenters. The fourth-order valence-electron chi connectivity index (χ4n) is 0.964. The molecule has 0 rings (SSSR count). The summed E-state index contributed by atoms with van der Waals surface area (Å²) in [6, 6.07) is 0. The van der Waals surface area contributed by atoms with E-state index in [0.29, 0.717) is 25.3 Å². The molecule has 5 nitrogen and oxygen atoms in total. The first-order valence-corrected chi connectivity index (χ1v) is 6.47. The Morgan fingerprint density at radius 3 is 2.12 bits per heavy atom. The van der Waals surface area contributed by atoms with Crippen LogP contribution >= 0.6 is 11.8 Å². The molecular weight excluding hydrogens is 228 g/mol. The van der Waals surface area contributed by atoms with E-state index >= 15 is 0 Å².